The van der Waals surface area contributed by atoms with Gasteiger partial charge in [0.25, 0.3) is 0 Å². The van der Waals surface area contributed by atoms with Gasteiger partial charge < -0.3 is 5.73 Å². The largest absolute Gasteiger partial charge is 0.369 e. The van der Waals surface area contributed by atoms with Crippen molar-refractivity contribution in [1.29, 1.82) is 0 Å². The molecule has 0 radical (unpaired) electrons. The van der Waals surface area contributed by atoms with Crippen molar-refractivity contribution in [2.24, 2.45) is 5.41 Å². The number of imidazole rings is 1. The van der Waals surface area contributed by atoms with E-state index in [0.717, 1.165) is 29.9 Å². The van der Waals surface area contributed by atoms with Crippen LogP contribution in [0.4, 0.5) is 5.95 Å². The van der Waals surface area contributed by atoms with Crippen LogP contribution >= 0.6 is 0 Å². The van der Waals surface area contributed by atoms with E-state index < -0.39 is 0 Å². The molecule has 1 aliphatic carbocycles. The lowest BCUT2D eigenvalue weighted by molar-refractivity contribution is 0.468. The summed E-state index contributed by atoms with van der Waals surface area (Å²) in [4.78, 5) is 4.45. The number of aromatic nitrogens is 4. The Kier molecular flexibility index (Phi) is 2.03. The van der Waals surface area contributed by atoms with Crippen molar-refractivity contribution in [2.45, 2.75) is 46.7 Å². The van der Waals surface area contributed by atoms with Crippen molar-refractivity contribution in [2.75, 3.05) is 5.73 Å². The third-order valence-corrected chi connectivity index (χ3v) is 3.77. The topological polar surface area (TPSA) is 61.7 Å². The van der Waals surface area contributed by atoms with Gasteiger partial charge in [0.1, 0.15) is 5.52 Å². The zero-order chi connectivity index (χ0) is 12.2. The second-order valence-electron chi connectivity index (χ2n) is 5.44. The summed E-state index contributed by atoms with van der Waals surface area (Å²) in [6.45, 7) is 8.20. The van der Waals surface area contributed by atoms with Crippen LogP contribution in [0.3, 0.4) is 0 Å². The first-order valence-corrected chi connectivity index (χ1v) is 6.23. The molecule has 5 heteroatoms. The maximum atomic E-state index is 6.04. The highest BCUT2D eigenvalue weighted by atomic mass is 15.4. The van der Waals surface area contributed by atoms with Gasteiger partial charge in [-0.25, -0.2) is 9.67 Å². The number of fused-ring (bicyclic) bond motifs is 1. The minimum atomic E-state index is 0.415. The van der Waals surface area contributed by atoms with Gasteiger partial charge in [-0.05, 0) is 32.1 Å². The molecule has 0 amide bonds. The monoisotopic (exact) mass is 233 g/mol. The van der Waals surface area contributed by atoms with Crippen LogP contribution < -0.4 is 5.73 Å². The van der Waals surface area contributed by atoms with Crippen LogP contribution in [0.2, 0.25) is 0 Å². The first-order chi connectivity index (χ1) is 8.04. The number of aryl methyl sites for hydroxylation is 2. The number of nitrogens with two attached hydrogens (primary N) is 1. The summed E-state index contributed by atoms with van der Waals surface area (Å²) >= 11 is 0. The second-order valence-corrected chi connectivity index (χ2v) is 5.44. The smallest absolute Gasteiger partial charge is 0.202 e. The van der Waals surface area contributed by atoms with E-state index in [1.807, 2.05) is 11.6 Å². The third kappa shape index (κ3) is 1.52. The minimum Gasteiger partial charge on any atom is -0.369 e. The van der Waals surface area contributed by atoms with E-state index in [0.29, 0.717) is 11.4 Å². The van der Waals surface area contributed by atoms with E-state index in [2.05, 4.69) is 28.5 Å². The van der Waals surface area contributed by atoms with Crippen molar-refractivity contribution < 1.29 is 0 Å². The number of hydrogen-bond donors (Lipinski definition) is 1. The quantitative estimate of drug-likeness (QED) is 0.881. The Morgan fingerprint density at radius 3 is 2.71 bits per heavy atom. The molecule has 2 heterocycles. The van der Waals surface area contributed by atoms with Gasteiger partial charge >= 0.3 is 0 Å². The van der Waals surface area contributed by atoms with E-state index in [1.54, 1.807) is 0 Å². The number of nitrogens with zero attached hydrogens (tertiary/aromatic N) is 4. The SMILES string of the molecule is CCn1nc(C)c2nc(N)n(CC3(C)CC3)c21. The van der Waals surface area contributed by atoms with Crippen molar-refractivity contribution in [3.05, 3.63) is 5.69 Å². The molecule has 0 spiro atoms. The highest BCUT2D eigenvalue weighted by Crippen LogP contribution is 2.47. The molecule has 2 aromatic rings. The van der Waals surface area contributed by atoms with E-state index in [-0.39, 0.29) is 0 Å². The minimum absolute atomic E-state index is 0.415. The van der Waals surface area contributed by atoms with Gasteiger partial charge in [-0.15, -0.1) is 0 Å². The predicted octanol–water partition coefficient (Wildman–Crippen LogP) is 1.94. The standard InChI is InChI=1S/C12H19N5/c1-4-17-10-9(8(2)15-17)14-11(13)16(10)7-12(3)5-6-12/h4-7H2,1-3H3,(H2,13,14). The number of anilines is 1. The van der Waals surface area contributed by atoms with E-state index in [1.165, 1.54) is 12.8 Å². The van der Waals surface area contributed by atoms with Crippen LogP contribution in [0.25, 0.3) is 11.2 Å². The Balaban J connectivity index is 2.17. The molecule has 0 unspecified atom stereocenters. The van der Waals surface area contributed by atoms with Crippen LogP contribution in [-0.4, -0.2) is 19.3 Å². The Labute approximate surface area is 101 Å². The maximum Gasteiger partial charge on any atom is 0.202 e. The van der Waals surface area contributed by atoms with Gasteiger partial charge in [-0.3, -0.25) is 4.57 Å². The molecule has 0 bridgehead atoms. The highest BCUT2D eigenvalue weighted by Gasteiger charge is 2.38. The van der Waals surface area contributed by atoms with Crippen LogP contribution in [0.15, 0.2) is 0 Å². The molecule has 1 saturated carbocycles. The van der Waals surface area contributed by atoms with Crippen molar-refractivity contribution in [3.8, 4) is 0 Å². The summed E-state index contributed by atoms with van der Waals surface area (Å²) in [5.74, 6) is 0.621. The van der Waals surface area contributed by atoms with Gasteiger partial charge in [0, 0.05) is 13.1 Å². The third-order valence-electron chi connectivity index (χ3n) is 3.77. The average molecular weight is 233 g/mol. The molecule has 0 saturated heterocycles. The number of nitrogen functional groups attached to an aromatic ring is 1. The molecule has 0 aliphatic heterocycles. The van der Waals surface area contributed by atoms with Gasteiger partial charge in [0.05, 0.1) is 5.69 Å². The fourth-order valence-corrected chi connectivity index (χ4v) is 2.37. The Bertz CT molecular complexity index is 573. The normalized spacial score (nSPS) is 17.8. The second kappa shape index (κ2) is 3.24. The van der Waals surface area contributed by atoms with Crippen LogP contribution in [0.5, 0.6) is 0 Å². The summed E-state index contributed by atoms with van der Waals surface area (Å²) in [6.07, 6.45) is 2.57. The predicted molar refractivity (Wildman–Crippen MR) is 67.7 cm³/mol. The Morgan fingerprint density at radius 1 is 1.41 bits per heavy atom. The zero-order valence-electron chi connectivity index (χ0n) is 10.7. The molecule has 1 aliphatic rings. The molecular formula is C12H19N5. The lowest BCUT2D eigenvalue weighted by atomic mass is 10.1. The lowest BCUT2D eigenvalue weighted by Crippen LogP contribution is -2.13. The molecule has 0 aromatic carbocycles. The highest BCUT2D eigenvalue weighted by molar-refractivity contribution is 5.77. The summed E-state index contributed by atoms with van der Waals surface area (Å²) in [6, 6.07) is 0. The number of rotatable bonds is 3. The molecular weight excluding hydrogens is 214 g/mol. The van der Waals surface area contributed by atoms with Crippen molar-refractivity contribution >= 4 is 17.1 Å². The number of hydrogen-bond acceptors (Lipinski definition) is 3. The van der Waals surface area contributed by atoms with Crippen LogP contribution in [0, 0.1) is 12.3 Å². The van der Waals surface area contributed by atoms with E-state index in [4.69, 9.17) is 5.73 Å². The molecule has 17 heavy (non-hydrogen) atoms. The Morgan fingerprint density at radius 2 is 2.12 bits per heavy atom. The summed E-state index contributed by atoms with van der Waals surface area (Å²) in [5, 5.41) is 4.50. The lowest BCUT2D eigenvalue weighted by Gasteiger charge is -2.12. The zero-order valence-corrected chi connectivity index (χ0v) is 10.7. The Hall–Kier alpha value is -1.52. The molecule has 5 nitrogen and oxygen atoms in total. The van der Waals surface area contributed by atoms with Crippen LogP contribution in [-0.2, 0) is 13.1 Å². The molecule has 0 atom stereocenters. The van der Waals surface area contributed by atoms with Crippen LogP contribution in [0.1, 0.15) is 32.4 Å². The molecule has 92 valence electrons. The first kappa shape index (κ1) is 10.6. The summed E-state index contributed by atoms with van der Waals surface area (Å²) < 4.78 is 4.13. The van der Waals surface area contributed by atoms with E-state index >= 15 is 0 Å². The average Bonchev–Trinajstić information content (AvgIpc) is 2.82. The molecule has 2 aromatic heterocycles. The maximum absolute atomic E-state index is 6.04. The summed E-state index contributed by atoms with van der Waals surface area (Å²) in [7, 11) is 0. The van der Waals surface area contributed by atoms with E-state index in [9.17, 15) is 0 Å². The van der Waals surface area contributed by atoms with Gasteiger partial charge in [-0.2, -0.15) is 5.10 Å². The van der Waals surface area contributed by atoms with Gasteiger partial charge in [0.15, 0.2) is 5.65 Å². The molecule has 2 N–H and O–H groups in total. The fraction of sp³-hybridized carbons (Fsp3) is 0.667. The van der Waals surface area contributed by atoms with Gasteiger partial charge in [0.2, 0.25) is 5.95 Å². The summed E-state index contributed by atoms with van der Waals surface area (Å²) in [5.41, 5.74) is 9.45. The fourth-order valence-electron chi connectivity index (χ4n) is 2.37. The van der Waals surface area contributed by atoms with Gasteiger partial charge in [-0.1, -0.05) is 6.92 Å². The van der Waals surface area contributed by atoms with Crippen molar-refractivity contribution in [3.63, 3.8) is 0 Å². The van der Waals surface area contributed by atoms with Crippen molar-refractivity contribution in [1.82, 2.24) is 19.3 Å². The first-order valence-electron chi connectivity index (χ1n) is 6.23. The molecule has 1 fully saturated rings. The molecule has 3 rings (SSSR count).